The van der Waals surface area contributed by atoms with Gasteiger partial charge in [-0.05, 0) is 42.8 Å². The molecule has 0 saturated carbocycles. The fraction of sp³-hybridized carbons (Fsp3) is 0.105. The van der Waals surface area contributed by atoms with Gasteiger partial charge in [0.15, 0.2) is 5.13 Å². The summed E-state index contributed by atoms with van der Waals surface area (Å²) in [5, 5.41) is 5.26. The van der Waals surface area contributed by atoms with Crippen LogP contribution in [0.4, 0.5) is 0 Å². The lowest BCUT2D eigenvalue weighted by Crippen LogP contribution is -2.19. The number of aromatic nitrogens is 6. The average Bonchev–Trinajstić information content (AvgIpc) is 3.38. The summed E-state index contributed by atoms with van der Waals surface area (Å²) in [6, 6.07) is 9.57. The maximum atomic E-state index is 13.2. The molecule has 9 heteroatoms. The van der Waals surface area contributed by atoms with Gasteiger partial charge in [0.1, 0.15) is 12.1 Å². The first kappa shape index (κ1) is 16.6. The van der Waals surface area contributed by atoms with E-state index in [1.165, 1.54) is 22.2 Å². The molecule has 0 N–H and O–H groups in total. The van der Waals surface area contributed by atoms with Gasteiger partial charge in [0, 0.05) is 12.4 Å². The van der Waals surface area contributed by atoms with Crippen molar-refractivity contribution in [3.8, 4) is 21.3 Å². The third-order valence-corrected chi connectivity index (χ3v) is 5.58. The van der Waals surface area contributed by atoms with Gasteiger partial charge in [-0.3, -0.25) is 9.36 Å². The minimum absolute atomic E-state index is 0.185. The Balaban J connectivity index is 1.64. The van der Waals surface area contributed by atoms with Crippen molar-refractivity contribution in [2.24, 2.45) is 0 Å². The summed E-state index contributed by atoms with van der Waals surface area (Å²) in [5.41, 5.74) is 2.12. The number of hydrogen-bond donors (Lipinski definition) is 0. The molecule has 0 aliphatic heterocycles. The van der Waals surface area contributed by atoms with E-state index in [-0.39, 0.29) is 5.56 Å². The normalized spacial score (nSPS) is 11.4. The van der Waals surface area contributed by atoms with Crippen LogP contribution in [0.3, 0.4) is 0 Å². The van der Waals surface area contributed by atoms with Crippen LogP contribution in [0.5, 0.6) is 5.75 Å². The summed E-state index contributed by atoms with van der Waals surface area (Å²) >= 11 is 1.44. The number of nitrogens with zero attached hydrogens (tertiary/aromatic N) is 6. The molecule has 28 heavy (non-hydrogen) atoms. The van der Waals surface area contributed by atoms with E-state index in [2.05, 4.69) is 20.1 Å². The standard InChI is InChI=1S/C19H14N6O2S/c1-11-16-14(25-18(23-11)21-10-22-25)7-8-24(17(16)26)19-20-9-15(28-19)12-3-5-13(27-2)6-4-12/h3-10H,1-2H3. The van der Waals surface area contributed by atoms with Crippen LogP contribution in [-0.2, 0) is 0 Å². The van der Waals surface area contributed by atoms with Gasteiger partial charge in [-0.2, -0.15) is 14.6 Å². The zero-order chi connectivity index (χ0) is 19.3. The first-order chi connectivity index (χ1) is 13.7. The van der Waals surface area contributed by atoms with Gasteiger partial charge in [0.25, 0.3) is 11.3 Å². The predicted octanol–water partition coefficient (Wildman–Crippen LogP) is 2.87. The zero-order valence-electron chi connectivity index (χ0n) is 15.0. The molecule has 5 rings (SSSR count). The molecule has 0 spiro atoms. The summed E-state index contributed by atoms with van der Waals surface area (Å²) in [5.74, 6) is 1.26. The topological polar surface area (TPSA) is 87.2 Å². The smallest absolute Gasteiger partial charge is 0.268 e. The molecule has 1 aromatic carbocycles. The Bertz CT molecular complexity index is 1380. The zero-order valence-corrected chi connectivity index (χ0v) is 15.8. The van der Waals surface area contributed by atoms with E-state index in [1.54, 1.807) is 30.9 Å². The summed E-state index contributed by atoms with van der Waals surface area (Å²) < 4.78 is 8.30. The van der Waals surface area contributed by atoms with Crippen molar-refractivity contribution in [1.82, 2.24) is 29.1 Å². The Hall–Kier alpha value is -3.59. The largest absolute Gasteiger partial charge is 0.497 e. The van der Waals surface area contributed by atoms with E-state index in [1.807, 2.05) is 30.3 Å². The summed E-state index contributed by atoms with van der Waals surface area (Å²) in [7, 11) is 1.63. The number of rotatable bonds is 3. The molecule has 0 bridgehead atoms. The maximum Gasteiger partial charge on any atom is 0.268 e. The quantitative estimate of drug-likeness (QED) is 0.471. The predicted molar refractivity (Wildman–Crippen MR) is 106 cm³/mol. The lowest BCUT2D eigenvalue weighted by Gasteiger charge is -2.06. The van der Waals surface area contributed by atoms with Crippen molar-refractivity contribution < 1.29 is 4.74 Å². The first-order valence-corrected chi connectivity index (χ1v) is 9.29. The Morgan fingerprint density at radius 2 is 1.93 bits per heavy atom. The summed E-state index contributed by atoms with van der Waals surface area (Å²) in [6.45, 7) is 1.80. The third kappa shape index (κ3) is 2.48. The lowest BCUT2D eigenvalue weighted by molar-refractivity contribution is 0.415. The van der Waals surface area contributed by atoms with E-state index in [9.17, 15) is 4.79 Å². The molecule has 5 aromatic rings. The molecule has 0 fully saturated rings. The van der Waals surface area contributed by atoms with Gasteiger partial charge >= 0.3 is 0 Å². The summed E-state index contributed by atoms with van der Waals surface area (Å²) in [6.07, 6.45) is 4.90. The van der Waals surface area contributed by atoms with Crippen molar-refractivity contribution >= 4 is 28.0 Å². The first-order valence-electron chi connectivity index (χ1n) is 8.48. The number of benzene rings is 1. The highest BCUT2D eigenvalue weighted by Crippen LogP contribution is 2.29. The molecule has 138 valence electrons. The SMILES string of the molecule is COc1ccc(-c2cnc(-n3ccc4c(c(C)nc5ncnn54)c3=O)s2)cc1. The highest BCUT2D eigenvalue weighted by Gasteiger charge is 2.15. The molecule has 4 heterocycles. The van der Waals surface area contributed by atoms with Crippen molar-refractivity contribution in [3.63, 3.8) is 0 Å². The molecule has 8 nitrogen and oxygen atoms in total. The van der Waals surface area contributed by atoms with Crippen LogP contribution in [-0.4, -0.2) is 36.2 Å². The van der Waals surface area contributed by atoms with Gasteiger partial charge < -0.3 is 4.74 Å². The number of methoxy groups -OCH3 is 1. The van der Waals surface area contributed by atoms with E-state index >= 15 is 0 Å². The number of thiazole rings is 1. The molecule has 0 atom stereocenters. The molecule has 4 aromatic heterocycles. The van der Waals surface area contributed by atoms with Crippen LogP contribution in [0.1, 0.15) is 5.69 Å². The maximum absolute atomic E-state index is 13.2. The van der Waals surface area contributed by atoms with Crippen LogP contribution in [0, 0.1) is 6.92 Å². The molecule has 0 aliphatic rings. The second-order valence-corrected chi connectivity index (χ2v) is 7.16. The van der Waals surface area contributed by atoms with Crippen LogP contribution in [0.15, 0.2) is 53.8 Å². The molecule has 0 aliphatic carbocycles. The minimum Gasteiger partial charge on any atom is -0.497 e. The van der Waals surface area contributed by atoms with Gasteiger partial charge in [-0.15, -0.1) is 0 Å². The molecule has 0 radical (unpaired) electrons. The number of fused-ring (bicyclic) bond motifs is 3. The number of aryl methyl sites for hydroxylation is 1. The van der Waals surface area contributed by atoms with Gasteiger partial charge in [0.05, 0.1) is 28.6 Å². The van der Waals surface area contributed by atoms with Crippen molar-refractivity contribution in [3.05, 3.63) is 65.1 Å². The van der Waals surface area contributed by atoms with E-state index in [4.69, 9.17) is 4.74 Å². The van der Waals surface area contributed by atoms with Gasteiger partial charge in [-0.25, -0.2) is 9.97 Å². The minimum atomic E-state index is -0.185. The van der Waals surface area contributed by atoms with Gasteiger partial charge in [-0.1, -0.05) is 11.3 Å². The van der Waals surface area contributed by atoms with Crippen LogP contribution >= 0.6 is 11.3 Å². The Morgan fingerprint density at radius 3 is 2.71 bits per heavy atom. The number of ether oxygens (including phenoxy) is 1. The molecular formula is C19H14N6O2S. The van der Waals surface area contributed by atoms with E-state index in [0.717, 1.165) is 16.2 Å². The molecular weight excluding hydrogens is 376 g/mol. The van der Waals surface area contributed by atoms with Crippen LogP contribution in [0.2, 0.25) is 0 Å². The van der Waals surface area contributed by atoms with Crippen molar-refractivity contribution in [2.45, 2.75) is 6.92 Å². The second-order valence-electron chi connectivity index (χ2n) is 6.16. The Labute approximate surface area is 162 Å². The van der Waals surface area contributed by atoms with Crippen molar-refractivity contribution in [1.29, 1.82) is 0 Å². The highest BCUT2D eigenvalue weighted by molar-refractivity contribution is 7.17. The highest BCUT2D eigenvalue weighted by atomic mass is 32.1. The fourth-order valence-electron chi connectivity index (χ4n) is 3.15. The molecule has 0 amide bonds. The van der Waals surface area contributed by atoms with Crippen LogP contribution in [0.25, 0.3) is 32.3 Å². The molecule has 0 saturated heterocycles. The Kier molecular flexibility index (Phi) is 3.69. The Morgan fingerprint density at radius 1 is 1.11 bits per heavy atom. The lowest BCUT2D eigenvalue weighted by atomic mass is 10.2. The van der Waals surface area contributed by atoms with E-state index in [0.29, 0.717) is 27.5 Å². The number of pyridine rings is 1. The average molecular weight is 390 g/mol. The van der Waals surface area contributed by atoms with E-state index < -0.39 is 0 Å². The fourth-order valence-corrected chi connectivity index (χ4v) is 4.05. The van der Waals surface area contributed by atoms with Gasteiger partial charge in [0.2, 0.25) is 0 Å². The summed E-state index contributed by atoms with van der Waals surface area (Å²) in [4.78, 5) is 27.0. The second kappa shape index (κ2) is 6.24. The monoisotopic (exact) mass is 390 g/mol. The third-order valence-electron chi connectivity index (χ3n) is 4.53. The van der Waals surface area contributed by atoms with Crippen LogP contribution < -0.4 is 10.3 Å². The molecule has 0 unspecified atom stereocenters. The number of hydrogen-bond acceptors (Lipinski definition) is 7. The van der Waals surface area contributed by atoms with Crippen molar-refractivity contribution in [2.75, 3.05) is 7.11 Å².